The van der Waals surface area contributed by atoms with Crippen LogP contribution in [0, 0.1) is 0 Å². The number of nitrogens with zero attached hydrogens (tertiary/aromatic N) is 2. The zero-order valence-corrected chi connectivity index (χ0v) is 12.6. The predicted molar refractivity (Wildman–Crippen MR) is 85.4 cm³/mol. The highest BCUT2D eigenvalue weighted by Crippen LogP contribution is 2.11. The largest absolute Gasteiger partial charge is 0.378 e. The molecule has 2 amide bonds. The lowest BCUT2D eigenvalue weighted by molar-refractivity contribution is 0.0299. The molecule has 0 spiro atoms. The van der Waals surface area contributed by atoms with Gasteiger partial charge in [-0.05, 0) is 24.3 Å². The lowest BCUT2D eigenvalue weighted by Gasteiger charge is -2.26. The number of benzene rings is 1. The van der Waals surface area contributed by atoms with E-state index in [1.807, 2.05) is 18.2 Å². The van der Waals surface area contributed by atoms with Gasteiger partial charge in [-0.25, -0.2) is 0 Å². The van der Waals surface area contributed by atoms with Gasteiger partial charge < -0.3 is 15.0 Å². The minimum Gasteiger partial charge on any atom is -0.378 e. The molecule has 1 aliphatic rings. The summed E-state index contributed by atoms with van der Waals surface area (Å²) in [6.07, 6.45) is 1.48. The van der Waals surface area contributed by atoms with Crippen molar-refractivity contribution in [3.05, 3.63) is 59.9 Å². The van der Waals surface area contributed by atoms with Gasteiger partial charge in [-0.15, -0.1) is 0 Å². The number of morpholine rings is 1. The van der Waals surface area contributed by atoms with Crippen LogP contribution in [0.5, 0.6) is 0 Å². The van der Waals surface area contributed by atoms with Crippen LogP contribution in [0.3, 0.4) is 0 Å². The third kappa shape index (κ3) is 3.73. The quantitative estimate of drug-likeness (QED) is 0.938. The molecule has 6 heteroatoms. The number of ether oxygens (including phenoxy) is 1. The maximum atomic E-state index is 12.4. The summed E-state index contributed by atoms with van der Waals surface area (Å²) in [7, 11) is 0. The second kappa shape index (κ2) is 7.02. The topological polar surface area (TPSA) is 71.5 Å². The summed E-state index contributed by atoms with van der Waals surface area (Å²) >= 11 is 0. The van der Waals surface area contributed by atoms with Crippen LogP contribution in [0.25, 0.3) is 0 Å². The maximum absolute atomic E-state index is 12.4. The van der Waals surface area contributed by atoms with E-state index in [0.717, 1.165) is 0 Å². The SMILES string of the molecule is O=C(Nc1ccccc1)c1ccnc(C(=O)N2CCOCC2)c1. The molecule has 1 fully saturated rings. The van der Waals surface area contributed by atoms with Crippen LogP contribution in [0.4, 0.5) is 5.69 Å². The molecule has 0 saturated carbocycles. The van der Waals surface area contributed by atoms with Crippen molar-refractivity contribution in [1.82, 2.24) is 9.88 Å². The Morgan fingerprint density at radius 3 is 2.57 bits per heavy atom. The molecule has 2 aromatic rings. The first-order chi connectivity index (χ1) is 11.2. The molecule has 23 heavy (non-hydrogen) atoms. The highest BCUT2D eigenvalue weighted by Gasteiger charge is 2.20. The lowest BCUT2D eigenvalue weighted by Crippen LogP contribution is -2.41. The first kappa shape index (κ1) is 15.2. The van der Waals surface area contributed by atoms with Gasteiger partial charge in [0.15, 0.2) is 0 Å². The van der Waals surface area contributed by atoms with Crippen molar-refractivity contribution in [2.24, 2.45) is 0 Å². The Kier molecular flexibility index (Phi) is 4.63. The van der Waals surface area contributed by atoms with Gasteiger partial charge in [-0.1, -0.05) is 18.2 Å². The zero-order chi connectivity index (χ0) is 16.1. The van der Waals surface area contributed by atoms with Gasteiger partial charge in [0.1, 0.15) is 5.69 Å². The monoisotopic (exact) mass is 311 g/mol. The van der Waals surface area contributed by atoms with Crippen LogP contribution >= 0.6 is 0 Å². The standard InChI is InChI=1S/C17H17N3O3/c21-16(19-14-4-2-1-3-5-14)13-6-7-18-15(12-13)17(22)20-8-10-23-11-9-20/h1-7,12H,8-11H2,(H,19,21). The summed E-state index contributed by atoms with van der Waals surface area (Å²) in [4.78, 5) is 30.5. The third-order valence-corrected chi connectivity index (χ3v) is 3.57. The van der Waals surface area contributed by atoms with E-state index < -0.39 is 0 Å². The van der Waals surface area contributed by atoms with E-state index in [2.05, 4.69) is 10.3 Å². The summed E-state index contributed by atoms with van der Waals surface area (Å²) in [6, 6.07) is 12.3. The van der Waals surface area contributed by atoms with Crippen LogP contribution in [-0.2, 0) is 4.74 Å². The fourth-order valence-corrected chi connectivity index (χ4v) is 2.34. The van der Waals surface area contributed by atoms with Gasteiger partial charge in [0.05, 0.1) is 13.2 Å². The first-order valence-corrected chi connectivity index (χ1v) is 7.43. The Morgan fingerprint density at radius 2 is 1.83 bits per heavy atom. The van der Waals surface area contributed by atoms with Gasteiger partial charge in [0.25, 0.3) is 11.8 Å². The molecule has 1 aromatic heterocycles. The van der Waals surface area contributed by atoms with Crippen LogP contribution in [-0.4, -0.2) is 48.0 Å². The molecular weight excluding hydrogens is 294 g/mol. The van der Waals surface area contributed by atoms with E-state index >= 15 is 0 Å². The third-order valence-electron chi connectivity index (χ3n) is 3.57. The number of carbonyl (C=O) groups is 2. The second-order valence-corrected chi connectivity index (χ2v) is 5.15. The minimum absolute atomic E-state index is 0.178. The number of pyridine rings is 1. The van der Waals surface area contributed by atoms with Crippen molar-refractivity contribution in [2.45, 2.75) is 0 Å². The molecule has 0 atom stereocenters. The zero-order valence-electron chi connectivity index (χ0n) is 12.6. The number of rotatable bonds is 3. The average Bonchev–Trinajstić information content (AvgIpc) is 2.63. The molecular formula is C17H17N3O3. The van der Waals surface area contributed by atoms with E-state index in [1.54, 1.807) is 23.1 Å². The molecule has 3 rings (SSSR count). The highest BCUT2D eigenvalue weighted by molar-refractivity contribution is 6.05. The molecule has 1 aliphatic heterocycles. The number of aromatic nitrogens is 1. The highest BCUT2D eigenvalue weighted by atomic mass is 16.5. The molecule has 118 valence electrons. The molecule has 1 N–H and O–H groups in total. The van der Waals surface area contributed by atoms with Gasteiger partial charge in [-0.3, -0.25) is 14.6 Å². The van der Waals surface area contributed by atoms with Crippen molar-refractivity contribution < 1.29 is 14.3 Å². The Morgan fingerprint density at radius 1 is 1.09 bits per heavy atom. The summed E-state index contributed by atoms with van der Waals surface area (Å²) < 4.78 is 5.24. The van der Waals surface area contributed by atoms with Gasteiger partial charge in [0.2, 0.25) is 0 Å². The number of carbonyl (C=O) groups excluding carboxylic acids is 2. The molecule has 0 unspecified atom stereocenters. The lowest BCUT2D eigenvalue weighted by atomic mass is 10.2. The fraction of sp³-hybridized carbons (Fsp3) is 0.235. The molecule has 0 aliphatic carbocycles. The molecule has 0 radical (unpaired) electrons. The molecule has 6 nitrogen and oxygen atoms in total. The van der Waals surface area contributed by atoms with Gasteiger partial charge >= 0.3 is 0 Å². The first-order valence-electron chi connectivity index (χ1n) is 7.43. The number of anilines is 1. The second-order valence-electron chi connectivity index (χ2n) is 5.15. The van der Waals surface area contributed by atoms with Crippen molar-refractivity contribution in [3.8, 4) is 0 Å². The fourth-order valence-electron chi connectivity index (χ4n) is 2.34. The van der Waals surface area contributed by atoms with Gasteiger partial charge in [-0.2, -0.15) is 0 Å². The average molecular weight is 311 g/mol. The summed E-state index contributed by atoms with van der Waals surface area (Å²) in [5.74, 6) is -0.447. The van der Waals surface area contributed by atoms with Crippen LogP contribution in [0.2, 0.25) is 0 Å². The van der Waals surface area contributed by atoms with Crippen molar-refractivity contribution in [1.29, 1.82) is 0 Å². The van der Waals surface area contributed by atoms with E-state index in [-0.39, 0.29) is 17.5 Å². The maximum Gasteiger partial charge on any atom is 0.272 e. The van der Waals surface area contributed by atoms with Crippen LogP contribution in [0.1, 0.15) is 20.8 Å². The summed E-state index contributed by atoms with van der Waals surface area (Å²) in [5, 5.41) is 2.79. The molecule has 1 saturated heterocycles. The van der Waals surface area contributed by atoms with Crippen LogP contribution < -0.4 is 5.32 Å². The number of amides is 2. The minimum atomic E-state index is -0.269. The van der Waals surface area contributed by atoms with Crippen molar-refractivity contribution in [3.63, 3.8) is 0 Å². The Labute approximate surface area is 134 Å². The Balaban J connectivity index is 1.74. The van der Waals surface area contributed by atoms with Crippen molar-refractivity contribution in [2.75, 3.05) is 31.6 Å². The van der Waals surface area contributed by atoms with E-state index in [9.17, 15) is 9.59 Å². The molecule has 2 heterocycles. The molecule has 1 aromatic carbocycles. The number of nitrogens with one attached hydrogen (secondary N) is 1. The van der Waals surface area contributed by atoms with Crippen molar-refractivity contribution >= 4 is 17.5 Å². The Hall–Kier alpha value is -2.73. The summed E-state index contributed by atoms with van der Waals surface area (Å²) in [5.41, 5.74) is 1.38. The summed E-state index contributed by atoms with van der Waals surface area (Å²) in [6.45, 7) is 2.14. The smallest absolute Gasteiger partial charge is 0.272 e. The van der Waals surface area contributed by atoms with Crippen LogP contribution in [0.15, 0.2) is 48.7 Å². The van der Waals surface area contributed by atoms with Gasteiger partial charge in [0, 0.05) is 30.5 Å². The Bertz CT molecular complexity index is 697. The van der Waals surface area contributed by atoms with E-state index in [4.69, 9.17) is 4.74 Å². The predicted octanol–water partition coefficient (Wildman–Crippen LogP) is 1.81. The van der Waals surface area contributed by atoms with E-state index in [1.165, 1.54) is 12.3 Å². The normalized spacial score (nSPS) is 14.3. The molecule has 0 bridgehead atoms. The van der Waals surface area contributed by atoms with E-state index in [0.29, 0.717) is 37.6 Å². The number of para-hydroxylation sites is 1. The number of hydrogen-bond donors (Lipinski definition) is 1. The number of hydrogen-bond acceptors (Lipinski definition) is 4.